The number of rotatable bonds is 6. The van der Waals surface area contributed by atoms with E-state index >= 15 is 0 Å². The van der Waals surface area contributed by atoms with Gasteiger partial charge in [-0.15, -0.1) is 0 Å². The highest BCUT2D eigenvalue weighted by molar-refractivity contribution is 5.79. The Morgan fingerprint density at radius 2 is 2.21 bits per heavy atom. The standard InChI is InChI=1S/C15H25N3O/c1-3-6-11(7-4-2)15(19)17-13-9-5-8-12-10-16-18-14(12)13/h10-11,13H,3-9H2,1-2H3,(H,16,18)(H,17,19). The summed E-state index contributed by atoms with van der Waals surface area (Å²) in [6.07, 6.45) is 9.23. The van der Waals surface area contributed by atoms with Gasteiger partial charge in [-0.25, -0.2) is 0 Å². The second-order valence-electron chi connectivity index (χ2n) is 5.54. The summed E-state index contributed by atoms with van der Waals surface area (Å²) in [4.78, 5) is 12.4. The summed E-state index contributed by atoms with van der Waals surface area (Å²) in [5.74, 6) is 0.388. The molecule has 0 aromatic carbocycles. The number of fused-ring (bicyclic) bond motifs is 1. The third kappa shape index (κ3) is 3.37. The molecule has 2 rings (SSSR count). The van der Waals surface area contributed by atoms with Crippen LogP contribution in [-0.2, 0) is 11.2 Å². The molecule has 0 aliphatic heterocycles. The molecule has 0 fully saturated rings. The smallest absolute Gasteiger partial charge is 0.223 e. The van der Waals surface area contributed by atoms with Crippen LogP contribution in [0.15, 0.2) is 6.20 Å². The lowest BCUT2D eigenvalue weighted by Crippen LogP contribution is -2.35. The van der Waals surface area contributed by atoms with Crippen molar-refractivity contribution in [2.45, 2.75) is 64.8 Å². The van der Waals surface area contributed by atoms with Crippen molar-refractivity contribution < 1.29 is 4.79 Å². The van der Waals surface area contributed by atoms with E-state index in [-0.39, 0.29) is 17.9 Å². The van der Waals surface area contributed by atoms with Crippen LogP contribution in [0.4, 0.5) is 0 Å². The van der Waals surface area contributed by atoms with E-state index in [0.29, 0.717) is 0 Å². The van der Waals surface area contributed by atoms with Crippen molar-refractivity contribution >= 4 is 5.91 Å². The summed E-state index contributed by atoms with van der Waals surface area (Å²) in [6.45, 7) is 4.28. The number of hydrogen-bond donors (Lipinski definition) is 2. The zero-order valence-corrected chi connectivity index (χ0v) is 12.0. The van der Waals surface area contributed by atoms with Gasteiger partial charge in [0.2, 0.25) is 5.91 Å². The SMILES string of the molecule is CCCC(CCC)C(=O)NC1CCCc2cn[nH]c21. The maximum atomic E-state index is 12.4. The molecule has 1 aromatic heterocycles. The quantitative estimate of drug-likeness (QED) is 0.828. The molecule has 106 valence electrons. The van der Waals surface area contributed by atoms with E-state index < -0.39 is 0 Å². The number of aromatic nitrogens is 2. The minimum atomic E-state index is 0.134. The van der Waals surface area contributed by atoms with Crippen LogP contribution >= 0.6 is 0 Å². The minimum Gasteiger partial charge on any atom is -0.348 e. The molecule has 0 bridgehead atoms. The van der Waals surface area contributed by atoms with E-state index in [1.54, 1.807) is 0 Å². The minimum absolute atomic E-state index is 0.134. The molecule has 1 aromatic rings. The first kappa shape index (κ1) is 14.1. The summed E-state index contributed by atoms with van der Waals surface area (Å²) in [5.41, 5.74) is 2.38. The Hall–Kier alpha value is -1.32. The van der Waals surface area contributed by atoms with Crippen molar-refractivity contribution in [1.29, 1.82) is 0 Å². The Kier molecular flexibility index (Phi) is 5.00. The summed E-state index contributed by atoms with van der Waals surface area (Å²) < 4.78 is 0. The fraction of sp³-hybridized carbons (Fsp3) is 0.733. The number of carbonyl (C=O) groups excluding carboxylic acids is 1. The van der Waals surface area contributed by atoms with Crippen LogP contribution < -0.4 is 5.32 Å². The van der Waals surface area contributed by atoms with Gasteiger partial charge in [0.25, 0.3) is 0 Å². The topological polar surface area (TPSA) is 57.8 Å². The second-order valence-corrected chi connectivity index (χ2v) is 5.54. The molecule has 1 atom stereocenters. The molecule has 1 aliphatic carbocycles. The molecule has 0 saturated carbocycles. The third-order valence-corrected chi connectivity index (χ3v) is 4.00. The van der Waals surface area contributed by atoms with Crippen LogP contribution in [0.3, 0.4) is 0 Å². The maximum Gasteiger partial charge on any atom is 0.223 e. The van der Waals surface area contributed by atoms with Crippen LogP contribution in [0.2, 0.25) is 0 Å². The van der Waals surface area contributed by atoms with Crippen molar-refractivity contribution in [3.8, 4) is 0 Å². The summed E-state index contributed by atoms with van der Waals surface area (Å²) >= 11 is 0. The molecule has 1 heterocycles. The lowest BCUT2D eigenvalue weighted by molar-refractivity contribution is -0.126. The molecule has 4 heteroatoms. The molecule has 4 nitrogen and oxygen atoms in total. The number of H-pyrrole nitrogens is 1. The first-order chi connectivity index (χ1) is 9.26. The zero-order valence-electron chi connectivity index (χ0n) is 12.0. The van der Waals surface area contributed by atoms with Gasteiger partial charge in [-0.05, 0) is 37.7 Å². The highest BCUT2D eigenvalue weighted by atomic mass is 16.1. The molecule has 1 aliphatic rings. The van der Waals surface area contributed by atoms with Crippen molar-refractivity contribution in [3.63, 3.8) is 0 Å². The normalized spacial score (nSPS) is 18.4. The molecule has 2 N–H and O–H groups in total. The van der Waals surface area contributed by atoms with Crippen molar-refractivity contribution in [3.05, 3.63) is 17.5 Å². The predicted octanol–water partition coefficient (Wildman–Crippen LogP) is 3.12. The van der Waals surface area contributed by atoms with Gasteiger partial charge in [-0.2, -0.15) is 5.10 Å². The Balaban J connectivity index is 1.99. The Morgan fingerprint density at radius 3 is 2.89 bits per heavy atom. The maximum absolute atomic E-state index is 12.4. The Labute approximate surface area is 115 Å². The average Bonchev–Trinajstić information content (AvgIpc) is 2.88. The van der Waals surface area contributed by atoms with Gasteiger partial charge >= 0.3 is 0 Å². The van der Waals surface area contributed by atoms with Crippen LogP contribution in [0.25, 0.3) is 0 Å². The van der Waals surface area contributed by atoms with E-state index in [2.05, 4.69) is 29.4 Å². The van der Waals surface area contributed by atoms with Gasteiger partial charge in [-0.1, -0.05) is 26.7 Å². The fourth-order valence-electron chi connectivity index (χ4n) is 3.00. The first-order valence-electron chi connectivity index (χ1n) is 7.58. The largest absolute Gasteiger partial charge is 0.348 e. The molecule has 1 amide bonds. The van der Waals surface area contributed by atoms with E-state index in [9.17, 15) is 4.79 Å². The summed E-state index contributed by atoms with van der Waals surface area (Å²) in [6, 6.07) is 0.134. The van der Waals surface area contributed by atoms with Crippen LogP contribution in [0, 0.1) is 5.92 Å². The van der Waals surface area contributed by atoms with Crippen LogP contribution in [0.5, 0.6) is 0 Å². The number of carbonyl (C=O) groups is 1. The van der Waals surface area contributed by atoms with Gasteiger partial charge in [0.1, 0.15) is 0 Å². The number of aromatic amines is 1. The second kappa shape index (κ2) is 6.73. The predicted molar refractivity (Wildman–Crippen MR) is 75.7 cm³/mol. The Bertz CT molecular complexity index is 407. The van der Waals surface area contributed by atoms with Gasteiger partial charge in [-0.3, -0.25) is 9.89 Å². The zero-order chi connectivity index (χ0) is 13.7. The van der Waals surface area contributed by atoms with Crippen molar-refractivity contribution in [2.75, 3.05) is 0 Å². The molecule has 0 radical (unpaired) electrons. The summed E-state index contributed by atoms with van der Waals surface area (Å²) in [5, 5.41) is 10.4. The van der Waals surface area contributed by atoms with Crippen LogP contribution in [-0.4, -0.2) is 16.1 Å². The van der Waals surface area contributed by atoms with Gasteiger partial charge in [0, 0.05) is 5.92 Å². The molecule has 1 unspecified atom stereocenters. The van der Waals surface area contributed by atoms with Gasteiger partial charge in [0.15, 0.2) is 0 Å². The number of nitrogens with one attached hydrogen (secondary N) is 2. The number of aryl methyl sites for hydroxylation is 1. The van der Waals surface area contributed by atoms with Crippen molar-refractivity contribution in [2.24, 2.45) is 5.92 Å². The molecule has 0 saturated heterocycles. The van der Waals surface area contributed by atoms with Gasteiger partial charge < -0.3 is 5.32 Å². The van der Waals surface area contributed by atoms with E-state index in [1.165, 1.54) is 5.56 Å². The molecular weight excluding hydrogens is 238 g/mol. The molecular formula is C15H25N3O. The average molecular weight is 263 g/mol. The molecule has 19 heavy (non-hydrogen) atoms. The fourth-order valence-corrected chi connectivity index (χ4v) is 3.00. The Morgan fingerprint density at radius 1 is 1.47 bits per heavy atom. The number of amides is 1. The summed E-state index contributed by atoms with van der Waals surface area (Å²) in [7, 11) is 0. The highest BCUT2D eigenvalue weighted by Gasteiger charge is 2.26. The van der Waals surface area contributed by atoms with Gasteiger partial charge in [0.05, 0.1) is 17.9 Å². The molecule has 0 spiro atoms. The van der Waals surface area contributed by atoms with E-state index in [4.69, 9.17) is 0 Å². The van der Waals surface area contributed by atoms with Crippen molar-refractivity contribution in [1.82, 2.24) is 15.5 Å². The number of hydrogen-bond acceptors (Lipinski definition) is 2. The van der Waals surface area contributed by atoms with E-state index in [1.807, 2.05) is 6.20 Å². The number of nitrogens with zero attached hydrogens (tertiary/aromatic N) is 1. The van der Waals surface area contributed by atoms with E-state index in [0.717, 1.165) is 50.6 Å². The lowest BCUT2D eigenvalue weighted by atomic mass is 9.92. The third-order valence-electron chi connectivity index (χ3n) is 4.00. The highest BCUT2D eigenvalue weighted by Crippen LogP contribution is 2.28. The lowest BCUT2D eigenvalue weighted by Gasteiger charge is -2.25. The first-order valence-corrected chi connectivity index (χ1v) is 7.58. The monoisotopic (exact) mass is 263 g/mol. The van der Waals surface area contributed by atoms with Crippen LogP contribution in [0.1, 0.15) is 69.7 Å².